The monoisotopic (exact) mass is 589 g/mol. The summed E-state index contributed by atoms with van der Waals surface area (Å²) in [6, 6.07) is 18.5. The first-order valence-electron chi connectivity index (χ1n) is 14.5. The summed E-state index contributed by atoms with van der Waals surface area (Å²) >= 11 is 3.17. The van der Waals surface area contributed by atoms with Crippen LogP contribution in [0.5, 0.6) is 5.75 Å². The molecule has 1 N–H and O–H groups in total. The minimum absolute atomic E-state index is 0.0187. The van der Waals surface area contributed by atoms with Crippen LogP contribution >= 0.6 is 23.1 Å². The van der Waals surface area contributed by atoms with Crippen molar-refractivity contribution in [3.63, 3.8) is 0 Å². The fourth-order valence-corrected chi connectivity index (χ4v) is 6.96. The largest absolute Gasteiger partial charge is 0.494 e. The van der Waals surface area contributed by atoms with Crippen molar-refractivity contribution in [3.8, 4) is 17.1 Å². The molecule has 6 nitrogen and oxygen atoms in total. The minimum Gasteiger partial charge on any atom is -0.494 e. The van der Waals surface area contributed by atoms with Gasteiger partial charge in [0.15, 0.2) is 5.82 Å². The molecule has 0 aliphatic carbocycles. The molecule has 2 aromatic heterocycles. The van der Waals surface area contributed by atoms with Gasteiger partial charge in [-0.1, -0.05) is 55.4 Å². The van der Waals surface area contributed by atoms with E-state index in [9.17, 15) is 4.79 Å². The third kappa shape index (κ3) is 7.67. The molecule has 4 aromatic rings. The van der Waals surface area contributed by atoms with Crippen LogP contribution in [-0.4, -0.2) is 39.9 Å². The van der Waals surface area contributed by atoms with Crippen LogP contribution < -0.4 is 10.1 Å². The molecule has 0 radical (unpaired) electrons. The van der Waals surface area contributed by atoms with Crippen LogP contribution in [0.15, 0.2) is 59.6 Å². The maximum atomic E-state index is 13.0. The van der Waals surface area contributed by atoms with Gasteiger partial charge in [0.1, 0.15) is 15.6 Å². The predicted octanol–water partition coefficient (Wildman–Crippen LogP) is 7.62. The molecule has 1 aliphatic heterocycles. The number of nitrogens with zero attached hydrogens (tertiary/aromatic N) is 2. The smallest absolute Gasteiger partial charge is 0.230 e. The summed E-state index contributed by atoms with van der Waals surface area (Å²) in [6.07, 6.45) is 4.76. The molecule has 1 aliphatic rings. The van der Waals surface area contributed by atoms with Crippen LogP contribution in [0.3, 0.4) is 0 Å². The van der Waals surface area contributed by atoms with Gasteiger partial charge in [0.05, 0.1) is 24.6 Å². The van der Waals surface area contributed by atoms with Gasteiger partial charge in [0.25, 0.3) is 0 Å². The molecule has 41 heavy (non-hydrogen) atoms. The number of carbonyl (C=O) groups is 1. The molecule has 0 spiro atoms. The minimum atomic E-state index is -0.249. The fourth-order valence-electron chi connectivity index (χ4n) is 4.93. The Morgan fingerprint density at radius 1 is 1.15 bits per heavy atom. The van der Waals surface area contributed by atoms with Gasteiger partial charge in [0.2, 0.25) is 5.91 Å². The number of rotatable bonds is 12. The van der Waals surface area contributed by atoms with Gasteiger partial charge in [-0.3, -0.25) is 4.79 Å². The van der Waals surface area contributed by atoms with E-state index < -0.39 is 0 Å². The summed E-state index contributed by atoms with van der Waals surface area (Å²) in [5.41, 5.74) is 3.22. The molecule has 1 unspecified atom stereocenters. The van der Waals surface area contributed by atoms with Crippen LogP contribution in [0.4, 0.5) is 0 Å². The lowest BCUT2D eigenvalue weighted by molar-refractivity contribution is -0.119. The van der Waals surface area contributed by atoms with E-state index in [1.807, 2.05) is 30.3 Å². The Bertz CT molecular complexity index is 1470. The van der Waals surface area contributed by atoms with Gasteiger partial charge in [-0.05, 0) is 75.4 Å². The molecule has 1 atom stereocenters. The first kappa shape index (κ1) is 29.5. The van der Waals surface area contributed by atoms with Crippen molar-refractivity contribution < 1.29 is 14.3 Å². The number of ether oxygens (including phenoxy) is 2. The number of amides is 1. The Labute approximate surface area is 251 Å². The van der Waals surface area contributed by atoms with Crippen molar-refractivity contribution >= 4 is 39.2 Å². The molecule has 3 heterocycles. The van der Waals surface area contributed by atoms with Crippen LogP contribution in [0, 0.1) is 0 Å². The molecule has 0 bridgehead atoms. The number of aryl methyl sites for hydroxylation is 1. The van der Waals surface area contributed by atoms with Gasteiger partial charge >= 0.3 is 0 Å². The summed E-state index contributed by atoms with van der Waals surface area (Å²) in [4.78, 5) is 25.2. The predicted molar refractivity (Wildman–Crippen MR) is 169 cm³/mol. The highest BCUT2D eigenvalue weighted by molar-refractivity contribution is 8.00. The summed E-state index contributed by atoms with van der Waals surface area (Å²) in [6.45, 7) is 9.75. The number of benzene rings is 2. The van der Waals surface area contributed by atoms with Crippen LogP contribution in [0.2, 0.25) is 0 Å². The van der Waals surface area contributed by atoms with Gasteiger partial charge in [0, 0.05) is 28.3 Å². The van der Waals surface area contributed by atoms with Crippen molar-refractivity contribution in [1.82, 2.24) is 15.3 Å². The second-order valence-electron chi connectivity index (χ2n) is 11.3. The Morgan fingerprint density at radius 3 is 2.68 bits per heavy atom. The third-order valence-electron chi connectivity index (χ3n) is 7.23. The first-order chi connectivity index (χ1) is 19.8. The lowest BCUT2D eigenvalue weighted by Gasteiger charge is -2.30. The number of aromatic nitrogens is 2. The van der Waals surface area contributed by atoms with Gasteiger partial charge in [-0.25, -0.2) is 9.97 Å². The van der Waals surface area contributed by atoms with Crippen molar-refractivity contribution in [2.24, 2.45) is 0 Å². The van der Waals surface area contributed by atoms with Crippen molar-refractivity contribution in [2.45, 2.75) is 83.1 Å². The number of nitrogens with one attached hydrogen (secondary N) is 1. The average molecular weight is 590 g/mol. The molecule has 216 valence electrons. The number of unbranched alkanes of at least 4 members (excludes halogenated alkanes) is 1. The summed E-state index contributed by atoms with van der Waals surface area (Å²) in [7, 11) is 0. The van der Waals surface area contributed by atoms with Crippen molar-refractivity contribution in [3.05, 3.63) is 70.6 Å². The van der Waals surface area contributed by atoms with Crippen LogP contribution in [0.1, 0.15) is 63.0 Å². The highest BCUT2D eigenvalue weighted by Gasteiger charge is 2.31. The highest BCUT2D eigenvalue weighted by Crippen LogP contribution is 2.42. The number of fused-ring (bicyclic) bond motifs is 3. The number of thioether (sulfide) groups is 1. The van der Waals surface area contributed by atoms with Gasteiger partial charge in [-0.15, -0.1) is 11.3 Å². The van der Waals surface area contributed by atoms with E-state index >= 15 is 0 Å². The number of carbonyl (C=O) groups excluding carboxylic acids is 1. The Balaban J connectivity index is 1.35. The topological polar surface area (TPSA) is 73.3 Å². The van der Waals surface area contributed by atoms with Crippen LogP contribution in [0.25, 0.3) is 21.6 Å². The Hall–Kier alpha value is -2.94. The summed E-state index contributed by atoms with van der Waals surface area (Å²) < 4.78 is 11.9. The highest BCUT2D eigenvalue weighted by atomic mass is 32.2. The lowest BCUT2D eigenvalue weighted by atomic mass is 9.94. The molecule has 0 fully saturated rings. The normalized spacial score (nSPS) is 14.9. The second kappa shape index (κ2) is 13.4. The number of hydrogen-bond donors (Lipinski definition) is 1. The third-order valence-corrected chi connectivity index (χ3v) is 9.31. The molecule has 0 saturated heterocycles. The van der Waals surface area contributed by atoms with E-state index in [4.69, 9.17) is 19.4 Å². The summed E-state index contributed by atoms with van der Waals surface area (Å²) in [5, 5.41) is 5.10. The molecule has 5 rings (SSSR count). The fraction of sp³-hybridized carbons (Fsp3) is 0.424. The van der Waals surface area contributed by atoms with Gasteiger partial charge < -0.3 is 14.8 Å². The second-order valence-corrected chi connectivity index (χ2v) is 13.3. The maximum Gasteiger partial charge on any atom is 0.230 e. The molecular formula is C33H39N3O3S2. The van der Waals surface area contributed by atoms with E-state index in [1.54, 1.807) is 11.3 Å². The van der Waals surface area contributed by atoms with E-state index in [0.29, 0.717) is 24.8 Å². The zero-order valence-electron chi connectivity index (χ0n) is 24.4. The van der Waals surface area contributed by atoms with Crippen molar-refractivity contribution in [2.75, 3.05) is 12.4 Å². The van der Waals surface area contributed by atoms with E-state index in [1.165, 1.54) is 27.8 Å². The Kier molecular flexibility index (Phi) is 9.63. The molecule has 0 saturated carbocycles. The standard InChI is InChI=1S/C33H39N3O3S2/c1-5-6-18-38-25-16-14-24(15-17-25)30-35-31(29-26-19-33(3,4)39-20-27(26)41-32(29)36-30)40-21-28(37)34-22(2)12-13-23-10-8-7-9-11-23/h7-11,14-17,22H,5-6,12-13,18-21H2,1-4H3,(H,34,37). The maximum absolute atomic E-state index is 13.0. The molecule has 8 heteroatoms. The Morgan fingerprint density at radius 2 is 1.93 bits per heavy atom. The summed E-state index contributed by atoms with van der Waals surface area (Å²) in [5.74, 6) is 1.83. The SMILES string of the molecule is CCCCOc1ccc(-c2nc(SCC(=O)NC(C)CCc3ccccc3)c3c4c(sc3n2)COC(C)(C)C4)cc1. The van der Waals surface area contributed by atoms with Crippen LogP contribution in [-0.2, 0) is 29.0 Å². The molecule has 1 amide bonds. The zero-order chi connectivity index (χ0) is 28.8. The zero-order valence-corrected chi connectivity index (χ0v) is 26.0. The van der Waals surface area contributed by atoms with E-state index in [2.05, 4.69) is 57.3 Å². The lowest BCUT2D eigenvalue weighted by Crippen LogP contribution is -2.34. The quantitative estimate of drug-likeness (QED) is 0.104. The van der Waals surface area contributed by atoms with E-state index in [0.717, 1.165) is 58.7 Å². The first-order valence-corrected chi connectivity index (χ1v) is 16.3. The number of thiophene rings is 1. The van der Waals surface area contributed by atoms with Gasteiger partial charge in [-0.2, -0.15) is 0 Å². The molecular weight excluding hydrogens is 551 g/mol. The average Bonchev–Trinajstić information content (AvgIpc) is 3.32. The number of hydrogen-bond acceptors (Lipinski definition) is 7. The van der Waals surface area contributed by atoms with E-state index in [-0.39, 0.29) is 17.6 Å². The molecule has 2 aromatic carbocycles. The van der Waals surface area contributed by atoms with Crippen molar-refractivity contribution in [1.29, 1.82) is 0 Å².